The lowest BCUT2D eigenvalue weighted by Gasteiger charge is -2.30. The number of anilines is 3. The zero-order valence-corrected chi connectivity index (χ0v) is 15.6. The monoisotopic (exact) mass is 422 g/mol. The smallest absolute Gasteiger partial charge is 0.363 e. The predicted octanol–water partition coefficient (Wildman–Crippen LogP) is 3.54. The summed E-state index contributed by atoms with van der Waals surface area (Å²) in [5.41, 5.74) is 0.473. The lowest BCUT2D eigenvalue weighted by molar-refractivity contribution is -0.136. The number of aromatic amines is 1. The van der Waals surface area contributed by atoms with Crippen LogP contribution in [0.3, 0.4) is 0 Å². The van der Waals surface area contributed by atoms with E-state index >= 15 is 0 Å². The Morgan fingerprint density at radius 3 is 2.79 bits per heavy atom. The highest BCUT2D eigenvalue weighted by Gasteiger charge is 2.33. The third-order valence-corrected chi connectivity index (χ3v) is 4.98. The van der Waals surface area contributed by atoms with E-state index in [4.69, 9.17) is 11.6 Å². The molecule has 3 aromatic rings. The van der Waals surface area contributed by atoms with Crippen molar-refractivity contribution in [3.63, 3.8) is 0 Å². The number of nitrogens with one attached hydrogen (secondary N) is 2. The van der Waals surface area contributed by atoms with Crippen molar-refractivity contribution in [3.8, 4) is 0 Å². The van der Waals surface area contributed by atoms with Gasteiger partial charge in [-0.15, -0.1) is 0 Å². The summed E-state index contributed by atoms with van der Waals surface area (Å²) in [5.74, 6) is 0.321. The Kier molecular flexibility index (Phi) is 4.87. The van der Waals surface area contributed by atoms with Crippen LogP contribution in [0, 0.1) is 0 Å². The Balaban J connectivity index is 1.65. The second-order valence-corrected chi connectivity index (χ2v) is 6.76. The van der Waals surface area contributed by atoms with E-state index in [1.165, 1.54) is 30.7 Å². The molecular formula is C18H14ClF3N6O. The second kappa shape index (κ2) is 7.36. The van der Waals surface area contributed by atoms with Crippen molar-refractivity contribution in [1.82, 2.24) is 20.2 Å². The highest BCUT2D eigenvalue weighted by Crippen LogP contribution is 2.37. The van der Waals surface area contributed by atoms with E-state index in [0.717, 1.165) is 11.6 Å². The number of rotatable bonds is 3. The maximum Gasteiger partial charge on any atom is 0.418 e. The summed E-state index contributed by atoms with van der Waals surface area (Å²) in [7, 11) is 0. The molecule has 4 rings (SSSR count). The van der Waals surface area contributed by atoms with E-state index in [-0.39, 0.29) is 10.7 Å². The van der Waals surface area contributed by atoms with E-state index in [9.17, 15) is 18.0 Å². The van der Waals surface area contributed by atoms with Crippen molar-refractivity contribution in [2.75, 3.05) is 16.8 Å². The van der Waals surface area contributed by atoms with Gasteiger partial charge in [-0.3, -0.25) is 4.79 Å². The van der Waals surface area contributed by atoms with Gasteiger partial charge >= 0.3 is 6.18 Å². The minimum Gasteiger partial charge on any atom is -0.363 e. The highest BCUT2D eigenvalue weighted by molar-refractivity contribution is 6.33. The van der Waals surface area contributed by atoms with Gasteiger partial charge in [-0.05, 0) is 18.6 Å². The van der Waals surface area contributed by atoms with E-state index in [1.807, 2.05) is 4.90 Å². The van der Waals surface area contributed by atoms with Gasteiger partial charge in [-0.2, -0.15) is 18.3 Å². The van der Waals surface area contributed by atoms with Crippen LogP contribution in [0.2, 0.25) is 5.02 Å². The quantitative estimate of drug-likeness (QED) is 0.671. The van der Waals surface area contributed by atoms with Crippen molar-refractivity contribution in [1.29, 1.82) is 0 Å². The molecule has 0 bridgehead atoms. The number of H-pyrrole nitrogens is 1. The van der Waals surface area contributed by atoms with E-state index < -0.39 is 17.3 Å². The normalized spacial score (nSPS) is 13.9. The molecule has 150 valence electrons. The average Bonchev–Trinajstić information content (AvgIpc) is 2.69. The van der Waals surface area contributed by atoms with E-state index in [1.54, 1.807) is 0 Å². The fourth-order valence-electron chi connectivity index (χ4n) is 3.23. The van der Waals surface area contributed by atoms with Crippen molar-refractivity contribution in [2.45, 2.75) is 19.1 Å². The largest absolute Gasteiger partial charge is 0.418 e. The standard InChI is InChI=1S/C18H14ClF3N6O/c19-15-14(7-25-27-17(15)29)28-6-5-10-13(8-28)23-9-24-16(10)26-12-4-2-1-3-11(12)18(20,21)22/h1-4,7,9H,5-6,8H2,(H,27,29)(H,23,24,26). The molecule has 0 aliphatic carbocycles. The molecule has 0 atom stereocenters. The Bertz CT molecular complexity index is 1120. The number of benzene rings is 1. The molecule has 0 fully saturated rings. The molecule has 0 amide bonds. The maximum atomic E-state index is 13.3. The van der Waals surface area contributed by atoms with Crippen molar-refractivity contribution in [3.05, 3.63) is 69.0 Å². The third kappa shape index (κ3) is 3.75. The topological polar surface area (TPSA) is 86.8 Å². The summed E-state index contributed by atoms with van der Waals surface area (Å²) in [4.78, 5) is 21.9. The van der Waals surface area contributed by atoms with Gasteiger partial charge in [0.1, 0.15) is 17.2 Å². The average molecular weight is 423 g/mol. The SMILES string of the molecule is O=c1[nH]ncc(N2CCc3c(ncnc3Nc3ccccc3C(F)(F)F)C2)c1Cl. The molecule has 0 radical (unpaired) electrons. The Morgan fingerprint density at radius 1 is 1.21 bits per heavy atom. The fraction of sp³-hybridized carbons (Fsp3) is 0.222. The summed E-state index contributed by atoms with van der Waals surface area (Å²) in [6, 6.07) is 5.23. The number of hydrogen-bond acceptors (Lipinski definition) is 6. The molecular weight excluding hydrogens is 409 g/mol. The molecule has 2 N–H and O–H groups in total. The third-order valence-electron chi connectivity index (χ3n) is 4.61. The van der Waals surface area contributed by atoms with Gasteiger partial charge in [0.25, 0.3) is 5.56 Å². The van der Waals surface area contributed by atoms with Gasteiger partial charge < -0.3 is 10.2 Å². The van der Waals surface area contributed by atoms with Crippen LogP contribution < -0.4 is 15.8 Å². The number of nitrogens with zero attached hydrogens (tertiary/aromatic N) is 4. The maximum absolute atomic E-state index is 13.3. The Labute approximate surface area is 167 Å². The second-order valence-electron chi connectivity index (χ2n) is 6.39. The van der Waals surface area contributed by atoms with Crippen LogP contribution in [0.4, 0.5) is 30.4 Å². The minimum absolute atomic E-state index is 0.0231. The molecule has 7 nitrogen and oxygen atoms in total. The molecule has 0 saturated heterocycles. The number of aromatic nitrogens is 4. The zero-order chi connectivity index (χ0) is 20.6. The van der Waals surface area contributed by atoms with Crippen LogP contribution in [0.25, 0.3) is 0 Å². The molecule has 2 aromatic heterocycles. The number of hydrogen-bond donors (Lipinski definition) is 2. The van der Waals surface area contributed by atoms with Gasteiger partial charge in [0, 0.05) is 12.1 Å². The number of alkyl halides is 3. The first-order chi connectivity index (χ1) is 13.8. The minimum atomic E-state index is -4.49. The fourth-order valence-corrected chi connectivity index (χ4v) is 3.44. The van der Waals surface area contributed by atoms with Crippen LogP contribution in [-0.2, 0) is 19.1 Å². The van der Waals surface area contributed by atoms with E-state index in [2.05, 4.69) is 25.5 Å². The molecule has 1 aliphatic rings. The van der Waals surface area contributed by atoms with Gasteiger partial charge in [0.2, 0.25) is 0 Å². The Morgan fingerprint density at radius 2 is 2.00 bits per heavy atom. The first-order valence-corrected chi connectivity index (χ1v) is 8.96. The summed E-state index contributed by atoms with van der Waals surface area (Å²) in [6.07, 6.45) is -1.29. The first kappa shape index (κ1) is 19.2. The number of halogens is 4. The van der Waals surface area contributed by atoms with Gasteiger partial charge in [-0.1, -0.05) is 23.7 Å². The summed E-state index contributed by atoms with van der Waals surface area (Å²) in [6.45, 7) is 0.791. The Hall–Kier alpha value is -3.14. The highest BCUT2D eigenvalue weighted by atomic mass is 35.5. The zero-order valence-electron chi connectivity index (χ0n) is 14.8. The molecule has 11 heteroatoms. The first-order valence-electron chi connectivity index (χ1n) is 8.58. The van der Waals surface area contributed by atoms with Crippen LogP contribution in [0.15, 0.2) is 41.6 Å². The van der Waals surface area contributed by atoms with Crippen LogP contribution in [0.5, 0.6) is 0 Å². The summed E-state index contributed by atoms with van der Waals surface area (Å²) >= 11 is 6.08. The van der Waals surface area contributed by atoms with Gasteiger partial charge in [-0.25, -0.2) is 15.1 Å². The summed E-state index contributed by atoms with van der Waals surface area (Å²) in [5, 5.41) is 8.85. The number of fused-ring (bicyclic) bond motifs is 1. The van der Waals surface area contributed by atoms with Crippen molar-refractivity contribution < 1.29 is 13.2 Å². The van der Waals surface area contributed by atoms with Crippen molar-refractivity contribution >= 4 is 28.8 Å². The van der Waals surface area contributed by atoms with Crippen LogP contribution >= 0.6 is 11.6 Å². The molecule has 29 heavy (non-hydrogen) atoms. The summed E-state index contributed by atoms with van der Waals surface area (Å²) < 4.78 is 39.8. The molecule has 0 spiro atoms. The molecule has 1 aliphatic heterocycles. The predicted molar refractivity (Wildman–Crippen MR) is 101 cm³/mol. The van der Waals surface area contributed by atoms with E-state index in [0.29, 0.717) is 36.7 Å². The lowest BCUT2D eigenvalue weighted by Crippen LogP contribution is -2.33. The van der Waals surface area contributed by atoms with Crippen molar-refractivity contribution in [2.24, 2.45) is 0 Å². The van der Waals surface area contributed by atoms with Crippen LogP contribution in [-0.4, -0.2) is 26.7 Å². The molecule has 0 unspecified atom stereocenters. The lowest BCUT2D eigenvalue weighted by atomic mass is 10.0. The molecule has 1 aromatic carbocycles. The van der Waals surface area contributed by atoms with Gasteiger partial charge in [0.05, 0.1) is 35.4 Å². The van der Waals surface area contributed by atoms with Gasteiger partial charge in [0.15, 0.2) is 0 Å². The number of para-hydroxylation sites is 1. The van der Waals surface area contributed by atoms with Crippen LogP contribution in [0.1, 0.15) is 16.8 Å². The molecule has 3 heterocycles. The molecule has 0 saturated carbocycles.